The van der Waals surface area contributed by atoms with Crippen molar-refractivity contribution in [1.29, 1.82) is 0 Å². The van der Waals surface area contributed by atoms with E-state index in [4.69, 9.17) is 0 Å². The Morgan fingerprint density at radius 3 is 2.76 bits per heavy atom. The number of likely N-dealkylation sites (tertiary alicyclic amines) is 1. The smallest absolute Gasteiger partial charge is 0.306 e. The molecule has 8 nitrogen and oxygen atoms in total. The maximum atomic E-state index is 12.9. The minimum atomic E-state index is -0.763. The fourth-order valence-corrected chi connectivity index (χ4v) is 3.64. The highest BCUT2D eigenvalue weighted by Crippen LogP contribution is 2.50. The summed E-state index contributed by atoms with van der Waals surface area (Å²) in [6.07, 6.45) is 4.25. The summed E-state index contributed by atoms with van der Waals surface area (Å²) in [5.74, 6) is -1.24. The van der Waals surface area contributed by atoms with Crippen LogP contribution in [0.15, 0.2) is 18.5 Å². The molecular weight excluding hydrogens is 322 g/mol. The lowest BCUT2D eigenvalue weighted by Crippen LogP contribution is -2.49. The third kappa shape index (κ3) is 2.77. The number of carboxylic acids is 1. The number of nitrogens with one attached hydrogen (secondary N) is 1. The van der Waals surface area contributed by atoms with Crippen molar-refractivity contribution in [2.75, 3.05) is 6.54 Å². The van der Waals surface area contributed by atoms with Gasteiger partial charge in [-0.1, -0.05) is 0 Å². The molecule has 1 amide bonds. The first kappa shape index (κ1) is 15.7. The summed E-state index contributed by atoms with van der Waals surface area (Å²) in [4.78, 5) is 34.3. The van der Waals surface area contributed by atoms with Crippen LogP contribution >= 0.6 is 0 Å². The number of piperidine rings is 1. The number of aromatic nitrogens is 4. The van der Waals surface area contributed by atoms with Crippen molar-refractivity contribution in [3.05, 3.63) is 29.8 Å². The van der Waals surface area contributed by atoms with Crippen molar-refractivity contribution in [2.24, 2.45) is 5.92 Å². The predicted molar refractivity (Wildman–Crippen MR) is 87.7 cm³/mol. The van der Waals surface area contributed by atoms with Crippen molar-refractivity contribution >= 4 is 11.9 Å². The summed E-state index contributed by atoms with van der Waals surface area (Å²) < 4.78 is 0. The second kappa shape index (κ2) is 5.65. The Labute approximate surface area is 144 Å². The van der Waals surface area contributed by atoms with E-state index in [0.29, 0.717) is 36.5 Å². The Bertz CT molecular complexity index is 842. The van der Waals surface area contributed by atoms with Gasteiger partial charge < -0.3 is 10.0 Å². The van der Waals surface area contributed by atoms with Gasteiger partial charge in [0.15, 0.2) is 0 Å². The van der Waals surface area contributed by atoms with Crippen LogP contribution in [0.2, 0.25) is 0 Å². The fraction of sp³-hybridized carbons (Fsp3) is 0.471. The normalized spacial score (nSPS) is 21.3. The lowest BCUT2D eigenvalue weighted by molar-refractivity contribution is -0.144. The SMILES string of the molecule is Cc1cc(-c2cc(C(=O)N3CC[C@H](C(=O)O)CC34CC4)[nH]n2)ncn1. The molecule has 2 fully saturated rings. The Kier molecular flexibility index (Phi) is 3.55. The van der Waals surface area contributed by atoms with Gasteiger partial charge in [-0.2, -0.15) is 5.10 Å². The van der Waals surface area contributed by atoms with Gasteiger partial charge in [0.1, 0.15) is 17.7 Å². The zero-order valence-electron chi connectivity index (χ0n) is 13.9. The van der Waals surface area contributed by atoms with Gasteiger partial charge in [-0.25, -0.2) is 9.97 Å². The number of hydrogen-bond donors (Lipinski definition) is 2. The van der Waals surface area contributed by atoms with Crippen LogP contribution in [0.4, 0.5) is 0 Å². The quantitative estimate of drug-likeness (QED) is 0.878. The molecule has 8 heteroatoms. The molecule has 2 aromatic rings. The number of carbonyl (C=O) groups is 2. The number of hydrogen-bond acceptors (Lipinski definition) is 5. The lowest BCUT2D eigenvalue weighted by Gasteiger charge is -2.38. The first-order chi connectivity index (χ1) is 12.0. The summed E-state index contributed by atoms with van der Waals surface area (Å²) in [6.45, 7) is 2.34. The zero-order valence-corrected chi connectivity index (χ0v) is 13.9. The van der Waals surface area contributed by atoms with Crippen molar-refractivity contribution in [2.45, 2.75) is 38.1 Å². The first-order valence-electron chi connectivity index (χ1n) is 8.38. The number of nitrogens with zero attached hydrogens (tertiary/aromatic N) is 4. The van der Waals surface area contributed by atoms with Crippen LogP contribution in [-0.4, -0.2) is 54.1 Å². The van der Waals surface area contributed by atoms with Crippen LogP contribution in [0.5, 0.6) is 0 Å². The van der Waals surface area contributed by atoms with Crippen LogP contribution in [0, 0.1) is 12.8 Å². The minimum absolute atomic E-state index is 0.120. The summed E-state index contributed by atoms with van der Waals surface area (Å²) >= 11 is 0. The van der Waals surface area contributed by atoms with Crippen molar-refractivity contribution in [1.82, 2.24) is 25.1 Å². The molecule has 1 aliphatic carbocycles. The molecule has 4 rings (SSSR count). The van der Waals surface area contributed by atoms with E-state index in [1.54, 1.807) is 6.07 Å². The van der Waals surface area contributed by atoms with Gasteiger partial charge >= 0.3 is 5.97 Å². The van der Waals surface area contributed by atoms with Gasteiger partial charge in [0.25, 0.3) is 5.91 Å². The van der Waals surface area contributed by atoms with E-state index in [-0.39, 0.29) is 17.4 Å². The zero-order chi connectivity index (χ0) is 17.6. The summed E-state index contributed by atoms with van der Waals surface area (Å²) in [5.41, 5.74) is 2.21. The van der Waals surface area contributed by atoms with Gasteiger partial charge in [-0.3, -0.25) is 14.7 Å². The molecule has 2 N–H and O–H groups in total. The maximum Gasteiger partial charge on any atom is 0.306 e. The average Bonchev–Trinajstić information content (AvgIpc) is 3.17. The molecule has 1 saturated heterocycles. The number of aryl methyl sites for hydroxylation is 1. The number of aromatic amines is 1. The Hall–Kier alpha value is -2.77. The van der Waals surface area contributed by atoms with Gasteiger partial charge in [-0.05, 0) is 44.7 Å². The van der Waals surface area contributed by atoms with Crippen molar-refractivity contribution in [3.63, 3.8) is 0 Å². The first-order valence-corrected chi connectivity index (χ1v) is 8.38. The maximum absolute atomic E-state index is 12.9. The van der Waals surface area contributed by atoms with Crippen molar-refractivity contribution < 1.29 is 14.7 Å². The molecule has 0 radical (unpaired) electrons. The van der Waals surface area contributed by atoms with Gasteiger partial charge in [0.2, 0.25) is 0 Å². The number of amides is 1. The standard InChI is InChI=1S/C17H19N5O3/c1-10-6-12(19-9-18-10)13-7-14(21-20-13)15(23)22-5-2-11(16(24)25)8-17(22)3-4-17/h6-7,9,11H,2-5,8H2,1H3,(H,20,21)(H,24,25)/t11-/m0/s1. The second-order valence-electron chi connectivity index (χ2n) is 6.92. The van der Waals surface area contributed by atoms with Crippen LogP contribution in [-0.2, 0) is 4.79 Å². The Morgan fingerprint density at radius 2 is 2.08 bits per heavy atom. The monoisotopic (exact) mass is 341 g/mol. The van der Waals surface area contributed by atoms with E-state index < -0.39 is 5.97 Å². The molecule has 3 heterocycles. The van der Waals surface area contributed by atoms with E-state index in [0.717, 1.165) is 18.5 Å². The van der Waals surface area contributed by atoms with Gasteiger partial charge in [0, 0.05) is 17.8 Å². The van der Waals surface area contributed by atoms with E-state index in [9.17, 15) is 14.7 Å². The van der Waals surface area contributed by atoms with Gasteiger partial charge in [-0.15, -0.1) is 0 Å². The third-order valence-corrected chi connectivity index (χ3v) is 5.20. The molecule has 1 saturated carbocycles. The Balaban J connectivity index is 1.55. The third-order valence-electron chi connectivity index (χ3n) is 5.20. The highest BCUT2D eigenvalue weighted by molar-refractivity contribution is 5.94. The molecule has 0 aromatic carbocycles. The van der Waals surface area contributed by atoms with Crippen LogP contribution < -0.4 is 0 Å². The topological polar surface area (TPSA) is 112 Å². The molecule has 25 heavy (non-hydrogen) atoms. The van der Waals surface area contributed by atoms with E-state index in [1.165, 1.54) is 6.33 Å². The van der Waals surface area contributed by atoms with Crippen molar-refractivity contribution in [3.8, 4) is 11.4 Å². The number of carboxylic acid groups (broad SMARTS) is 1. The highest BCUT2D eigenvalue weighted by Gasteiger charge is 2.54. The van der Waals surface area contributed by atoms with Crippen LogP contribution in [0.25, 0.3) is 11.4 Å². The molecule has 1 aliphatic heterocycles. The molecule has 2 aliphatic rings. The van der Waals surface area contributed by atoms with E-state index in [1.807, 2.05) is 17.9 Å². The molecule has 2 aromatic heterocycles. The Morgan fingerprint density at radius 1 is 1.28 bits per heavy atom. The fourth-order valence-electron chi connectivity index (χ4n) is 3.64. The van der Waals surface area contributed by atoms with Gasteiger partial charge in [0.05, 0.1) is 11.6 Å². The molecule has 1 atom stereocenters. The second-order valence-corrected chi connectivity index (χ2v) is 6.92. The van der Waals surface area contributed by atoms with Crippen LogP contribution in [0.1, 0.15) is 41.9 Å². The summed E-state index contributed by atoms with van der Waals surface area (Å²) in [7, 11) is 0. The largest absolute Gasteiger partial charge is 0.481 e. The predicted octanol–water partition coefficient (Wildman–Crippen LogP) is 1.64. The number of carbonyl (C=O) groups excluding carboxylic acids is 1. The summed E-state index contributed by atoms with van der Waals surface area (Å²) in [6, 6.07) is 3.51. The van der Waals surface area contributed by atoms with E-state index >= 15 is 0 Å². The molecule has 0 unspecified atom stereocenters. The molecular formula is C17H19N5O3. The highest BCUT2D eigenvalue weighted by atomic mass is 16.4. The molecule has 1 spiro atoms. The van der Waals surface area contributed by atoms with Crippen LogP contribution in [0.3, 0.4) is 0 Å². The minimum Gasteiger partial charge on any atom is -0.481 e. The average molecular weight is 341 g/mol. The lowest BCUT2D eigenvalue weighted by atomic mass is 9.89. The summed E-state index contributed by atoms with van der Waals surface area (Å²) in [5, 5.41) is 16.3. The molecule has 0 bridgehead atoms. The number of rotatable bonds is 3. The number of H-pyrrole nitrogens is 1. The number of aliphatic carboxylic acids is 1. The van der Waals surface area contributed by atoms with E-state index in [2.05, 4.69) is 20.2 Å². The molecule has 130 valence electrons.